The van der Waals surface area contributed by atoms with Gasteiger partial charge in [-0.1, -0.05) is 17.7 Å². The van der Waals surface area contributed by atoms with Crippen LogP contribution in [-0.2, 0) is 4.79 Å². The second-order valence-electron chi connectivity index (χ2n) is 5.26. The van der Waals surface area contributed by atoms with Gasteiger partial charge in [0.15, 0.2) is 5.76 Å². The van der Waals surface area contributed by atoms with E-state index < -0.39 is 0 Å². The summed E-state index contributed by atoms with van der Waals surface area (Å²) in [5, 5.41) is 3.32. The first-order valence-corrected chi connectivity index (χ1v) is 7.69. The number of hydrogen-bond donors (Lipinski definition) is 1. The fourth-order valence-electron chi connectivity index (χ4n) is 2.15. The van der Waals surface area contributed by atoms with Crippen LogP contribution in [0.5, 0.6) is 0 Å². The molecule has 1 aromatic heterocycles. The molecule has 6 heteroatoms. The lowest BCUT2D eigenvalue weighted by atomic mass is 10.2. The van der Waals surface area contributed by atoms with Gasteiger partial charge in [0.05, 0.1) is 6.26 Å². The molecule has 2 rings (SSSR count). The van der Waals surface area contributed by atoms with Crippen LogP contribution in [0.2, 0.25) is 5.02 Å². The molecular formula is C17H19ClN2O3. The number of carbonyl (C=O) groups excluding carboxylic acids is 2. The third-order valence-corrected chi connectivity index (χ3v) is 3.77. The number of nitrogens with one attached hydrogen (secondary N) is 1. The van der Waals surface area contributed by atoms with Crippen LogP contribution in [-0.4, -0.2) is 29.8 Å². The summed E-state index contributed by atoms with van der Waals surface area (Å²) in [7, 11) is 0. The van der Waals surface area contributed by atoms with Crippen LogP contribution in [0.4, 0.5) is 5.69 Å². The molecule has 0 aliphatic rings. The standard InChI is InChI=1S/C17H19ClN2O3/c1-4-20(17(22)16-12(3)7-8-23-16)10-15(21)19-14-9-13(18)6-5-11(14)2/h5-9H,4,10H2,1-3H3,(H,19,21). The Hall–Kier alpha value is -2.27. The van der Waals surface area contributed by atoms with Gasteiger partial charge in [-0.25, -0.2) is 0 Å². The predicted octanol–water partition coefficient (Wildman–Crippen LogP) is 3.65. The van der Waals surface area contributed by atoms with E-state index in [4.69, 9.17) is 16.0 Å². The normalized spacial score (nSPS) is 10.4. The van der Waals surface area contributed by atoms with Crippen LogP contribution in [0.3, 0.4) is 0 Å². The summed E-state index contributed by atoms with van der Waals surface area (Å²) >= 11 is 5.94. The third kappa shape index (κ3) is 4.13. The number of likely N-dealkylation sites (N-methyl/N-ethyl adjacent to an activating group) is 1. The van der Waals surface area contributed by atoms with Crippen LogP contribution in [0.25, 0.3) is 0 Å². The van der Waals surface area contributed by atoms with E-state index in [1.807, 2.05) is 19.9 Å². The molecule has 1 heterocycles. The van der Waals surface area contributed by atoms with Gasteiger partial charge in [0, 0.05) is 22.8 Å². The van der Waals surface area contributed by atoms with E-state index in [-0.39, 0.29) is 24.1 Å². The average Bonchev–Trinajstić information content (AvgIpc) is 2.94. The summed E-state index contributed by atoms with van der Waals surface area (Å²) in [5.74, 6) is -0.318. The monoisotopic (exact) mass is 334 g/mol. The number of furan rings is 1. The van der Waals surface area contributed by atoms with Crippen molar-refractivity contribution < 1.29 is 14.0 Å². The van der Waals surface area contributed by atoms with Gasteiger partial charge < -0.3 is 14.6 Å². The van der Waals surface area contributed by atoms with E-state index in [9.17, 15) is 9.59 Å². The maximum Gasteiger partial charge on any atom is 0.290 e. The summed E-state index contributed by atoms with van der Waals surface area (Å²) < 4.78 is 5.20. The molecular weight excluding hydrogens is 316 g/mol. The first kappa shape index (κ1) is 17.1. The van der Waals surface area contributed by atoms with Gasteiger partial charge in [0.2, 0.25) is 5.91 Å². The van der Waals surface area contributed by atoms with Crippen molar-refractivity contribution in [3.63, 3.8) is 0 Å². The van der Waals surface area contributed by atoms with E-state index >= 15 is 0 Å². The van der Waals surface area contributed by atoms with Crippen molar-refractivity contribution in [2.75, 3.05) is 18.4 Å². The van der Waals surface area contributed by atoms with Gasteiger partial charge in [0.1, 0.15) is 6.54 Å². The Morgan fingerprint density at radius 3 is 2.57 bits per heavy atom. The number of anilines is 1. The average molecular weight is 335 g/mol. The Bertz CT molecular complexity index is 724. The number of carbonyl (C=O) groups is 2. The zero-order valence-electron chi connectivity index (χ0n) is 13.4. The van der Waals surface area contributed by atoms with Crippen LogP contribution in [0.15, 0.2) is 34.9 Å². The van der Waals surface area contributed by atoms with Gasteiger partial charge in [-0.3, -0.25) is 9.59 Å². The number of halogens is 1. The first-order valence-electron chi connectivity index (χ1n) is 7.31. The van der Waals surface area contributed by atoms with Crippen LogP contribution in [0, 0.1) is 13.8 Å². The van der Waals surface area contributed by atoms with E-state index in [0.29, 0.717) is 17.3 Å². The lowest BCUT2D eigenvalue weighted by Gasteiger charge is -2.20. The van der Waals surface area contributed by atoms with Crippen LogP contribution < -0.4 is 5.32 Å². The van der Waals surface area contributed by atoms with Gasteiger partial charge in [-0.2, -0.15) is 0 Å². The number of hydrogen-bond acceptors (Lipinski definition) is 3. The van der Waals surface area contributed by atoms with Crippen LogP contribution >= 0.6 is 11.6 Å². The van der Waals surface area contributed by atoms with Crippen molar-refractivity contribution in [2.24, 2.45) is 0 Å². The molecule has 1 aromatic carbocycles. The molecule has 2 amide bonds. The first-order chi connectivity index (χ1) is 10.9. The topological polar surface area (TPSA) is 62.6 Å². The number of nitrogens with zero attached hydrogens (tertiary/aromatic N) is 1. The molecule has 1 N–H and O–H groups in total. The Kier molecular flexibility index (Phi) is 5.45. The lowest BCUT2D eigenvalue weighted by Crippen LogP contribution is -2.38. The second kappa shape index (κ2) is 7.33. The van der Waals surface area contributed by atoms with Crippen molar-refractivity contribution in [3.05, 3.63) is 52.4 Å². The highest BCUT2D eigenvalue weighted by atomic mass is 35.5. The zero-order valence-corrected chi connectivity index (χ0v) is 14.1. The van der Waals surface area contributed by atoms with E-state index in [1.54, 1.807) is 25.1 Å². The van der Waals surface area contributed by atoms with Crippen molar-refractivity contribution in [2.45, 2.75) is 20.8 Å². The van der Waals surface area contributed by atoms with Gasteiger partial charge in [0.25, 0.3) is 5.91 Å². The molecule has 23 heavy (non-hydrogen) atoms. The Labute approximate surface area is 140 Å². The van der Waals surface area contributed by atoms with Gasteiger partial charge in [-0.05, 0) is 44.5 Å². The number of amides is 2. The summed E-state index contributed by atoms with van der Waals surface area (Å²) in [5.41, 5.74) is 2.29. The molecule has 0 radical (unpaired) electrons. The third-order valence-electron chi connectivity index (χ3n) is 3.53. The maximum atomic E-state index is 12.4. The summed E-state index contributed by atoms with van der Waals surface area (Å²) in [4.78, 5) is 26.1. The largest absolute Gasteiger partial charge is 0.459 e. The smallest absolute Gasteiger partial charge is 0.290 e. The fraction of sp³-hybridized carbons (Fsp3) is 0.294. The fourth-order valence-corrected chi connectivity index (χ4v) is 2.33. The highest BCUT2D eigenvalue weighted by Crippen LogP contribution is 2.20. The van der Waals surface area contributed by atoms with Crippen LogP contribution in [0.1, 0.15) is 28.6 Å². The minimum Gasteiger partial charge on any atom is -0.459 e. The second-order valence-corrected chi connectivity index (χ2v) is 5.70. The predicted molar refractivity (Wildman–Crippen MR) is 89.8 cm³/mol. The molecule has 0 aliphatic heterocycles. The highest BCUT2D eigenvalue weighted by molar-refractivity contribution is 6.31. The van der Waals surface area contributed by atoms with Gasteiger partial charge in [-0.15, -0.1) is 0 Å². The summed E-state index contributed by atoms with van der Waals surface area (Å²) in [6, 6.07) is 6.99. The molecule has 0 spiro atoms. The molecule has 0 aliphatic carbocycles. The number of rotatable bonds is 5. The van der Waals surface area contributed by atoms with E-state index in [0.717, 1.165) is 11.1 Å². The Morgan fingerprint density at radius 2 is 1.96 bits per heavy atom. The minimum atomic E-state index is -0.298. The lowest BCUT2D eigenvalue weighted by molar-refractivity contribution is -0.116. The van der Waals surface area contributed by atoms with Crippen molar-refractivity contribution in [1.29, 1.82) is 0 Å². The van der Waals surface area contributed by atoms with Crippen molar-refractivity contribution in [1.82, 2.24) is 4.90 Å². The van der Waals surface area contributed by atoms with E-state index in [2.05, 4.69) is 5.32 Å². The Balaban J connectivity index is 2.07. The molecule has 122 valence electrons. The number of benzene rings is 1. The van der Waals surface area contributed by atoms with Crippen molar-refractivity contribution in [3.8, 4) is 0 Å². The van der Waals surface area contributed by atoms with Crippen molar-refractivity contribution >= 4 is 29.1 Å². The Morgan fingerprint density at radius 1 is 1.22 bits per heavy atom. The molecule has 2 aromatic rings. The molecule has 0 atom stereocenters. The molecule has 0 saturated carbocycles. The minimum absolute atomic E-state index is 0.0541. The summed E-state index contributed by atoms with van der Waals surface area (Å²) in [6.45, 7) is 5.83. The molecule has 5 nitrogen and oxygen atoms in total. The van der Waals surface area contributed by atoms with Gasteiger partial charge >= 0.3 is 0 Å². The maximum absolute atomic E-state index is 12.4. The highest BCUT2D eigenvalue weighted by Gasteiger charge is 2.21. The zero-order chi connectivity index (χ0) is 17.0. The number of aryl methyl sites for hydroxylation is 2. The van der Waals surface area contributed by atoms with E-state index in [1.165, 1.54) is 11.2 Å². The summed E-state index contributed by atoms with van der Waals surface area (Å²) in [6.07, 6.45) is 1.46. The molecule has 0 fully saturated rings. The molecule has 0 unspecified atom stereocenters. The SMILES string of the molecule is CCN(CC(=O)Nc1cc(Cl)ccc1C)C(=O)c1occc1C. The quantitative estimate of drug-likeness (QED) is 0.907. The molecule has 0 bridgehead atoms. The molecule has 0 saturated heterocycles.